The Balaban J connectivity index is 2.64. The summed E-state index contributed by atoms with van der Waals surface area (Å²) in [5.41, 5.74) is 1.04. The first kappa shape index (κ1) is 12.1. The van der Waals surface area contributed by atoms with Crippen LogP contribution in [0.5, 0.6) is 5.75 Å². The first-order valence-electron chi connectivity index (χ1n) is 4.82. The normalized spacial score (nSPS) is 9.62. The minimum atomic E-state index is -1.04. The minimum absolute atomic E-state index is 0.00772. The van der Waals surface area contributed by atoms with Gasteiger partial charge in [-0.2, -0.15) is 0 Å². The number of carboxylic acids is 1. The SMILES string of the molecule is C=C(COc1cccc(N(C)C)c1)C(=O)O. The van der Waals surface area contributed by atoms with Gasteiger partial charge in [0.15, 0.2) is 0 Å². The van der Waals surface area contributed by atoms with Crippen LogP contribution in [0.25, 0.3) is 0 Å². The third-order valence-corrected chi connectivity index (χ3v) is 2.05. The molecule has 0 spiro atoms. The van der Waals surface area contributed by atoms with Gasteiger partial charge in [-0.1, -0.05) is 12.6 Å². The van der Waals surface area contributed by atoms with E-state index in [4.69, 9.17) is 9.84 Å². The zero-order valence-corrected chi connectivity index (χ0v) is 9.43. The molecule has 0 bridgehead atoms. The lowest BCUT2D eigenvalue weighted by atomic mass is 10.3. The molecule has 0 saturated carbocycles. The molecule has 1 aromatic carbocycles. The summed E-state index contributed by atoms with van der Waals surface area (Å²) in [6.07, 6.45) is 0. The molecule has 0 aliphatic carbocycles. The summed E-state index contributed by atoms with van der Waals surface area (Å²) in [5, 5.41) is 8.62. The van der Waals surface area contributed by atoms with Crippen LogP contribution in [0.3, 0.4) is 0 Å². The van der Waals surface area contributed by atoms with Crippen LogP contribution in [0.4, 0.5) is 5.69 Å². The number of hydrogen-bond acceptors (Lipinski definition) is 3. The Morgan fingerprint density at radius 1 is 1.50 bits per heavy atom. The number of ether oxygens (including phenoxy) is 1. The standard InChI is InChI=1S/C12H15NO3/c1-9(12(14)15)8-16-11-6-4-5-10(7-11)13(2)3/h4-7H,1,8H2,2-3H3,(H,14,15). The second kappa shape index (κ2) is 5.21. The van der Waals surface area contributed by atoms with E-state index in [1.807, 2.05) is 37.2 Å². The molecule has 0 heterocycles. The third kappa shape index (κ3) is 3.31. The summed E-state index contributed by atoms with van der Waals surface area (Å²) in [7, 11) is 3.85. The lowest BCUT2D eigenvalue weighted by Crippen LogP contribution is -2.10. The summed E-state index contributed by atoms with van der Waals surface area (Å²) >= 11 is 0. The van der Waals surface area contributed by atoms with Crippen LogP contribution in [0, 0.1) is 0 Å². The maximum absolute atomic E-state index is 10.5. The van der Waals surface area contributed by atoms with E-state index in [1.54, 1.807) is 6.07 Å². The monoisotopic (exact) mass is 221 g/mol. The number of anilines is 1. The van der Waals surface area contributed by atoms with Crippen LogP contribution in [0.1, 0.15) is 0 Å². The largest absolute Gasteiger partial charge is 0.489 e. The van der Waals surface area contributed by atoms with E-state index in [-0.39, 0.29) is 12.2 Å². The molecular formula is C12H15NO3. The highest BCUT2D eigenvalue weighted by molar-refractivity contribution is 5.86. The lowest BCUT2D eigenvalue weighted by molar-refractivity contribution is -0.133. The fraction of sp³-hybridized carbons (Fsp3) is 0.250. The number of carboxylic acid groups (broad SMARTS) is 1. The number of hydrogen-bond donors (Lipinski definition) is 1. The Morgan fingerprint density at radius 2 is 2.19 bits per heavy atom. The highest BCUT2D eigenvalue weighted by Gasteiger charge is 2.05. The maximum Gasteiger partial charge on any atom is 0.334 e. The molecule has 0 fully saturated rings. The average molecular weight is 221 g/mol. The number of benzene rings is 1. The van der Waals surface area contributed by atoms with Crippen molar-refractivity contribution in [3.63, 3.8) is 0 Å². The Kier molecular flexibility index (Phi) is 3.94. The van der Waals surface area contributed by atoms with Crippen molar-refractivity contribution < 1.29 is 14.6 Å². The highest BCUT2D eigenvalue weighted by Crippen LogP contribution is 2.19. The van der Waals surface area contributed by atoms with Crippen molar-refractivity contribution in [1.29, 1.82) is 0 Å². The summed E-state index contributed by atoms with van der Waals surface area (Å²) in [6.45, 7) is 3.38. The molecule has 16 heavy (non-hydrogen) atoms. The third-order valence-electron chi connectivity index (χ3n) is 2.05. The summed E-state index contributed by atoms with van der Waals surface area (Å²) < 4.78 is 5.31. The van der Waals surface area contributed by atoms with Crippen molar-refractivity contribution in [1.82, 2.24) is 0 Å². The van der Waals surface area contributed by atoms with Crippen molar-refractivity contribution in [3.05, 3.63) is 36.4 Å². The molecule has 86 valence electrons. The average Bonchev–Trinajstić information content (AvgIpc) is 2.26. The van der Waals surface area contributed by atoms with Gasteiger partial charge in [0.1, 0.15) is 12.4 Å². The van der Waals surface area contributed by atoms with E-state index >= 15 is 0 Å². The molecule has 0 atom stereocenters. The van der Waals surface area contributed by atoms with E-state index in [0.29, 0.717) is 5.75 Å². The van der Waals surface area contributed by atoms with Gasteiger partial charge < -0.3 is 14.7 Å². The molecule has 0 aliphatic rings. The van der Waals surface area contributed by atoms with Gasteiger partial charge >= 0.3 is 5.97 Å². The molecule has 1 rings (SSSR count). The Morgan fingerprint density at radius 3 is 2.75 bits per heavy atom. The Bertz CT molecular complexity index is 399. The molecule has 1 N–H and O–H groups in total. The molecular weight excluding hydrogens is 206 g/mol. The molecule has 4 nitrogen and oxygen atoms in total. The first-order chi connectivity index (χ1) is 7.50. The zero-order chi connectivity index (χ0) is 12.1. The quantitative estimate of drug-likeness (QED) is 0.770. The van der Waals surface area contributed by atoms with E-state index in [2.05, 4.69) is 6.58 Å². The topological polar surface area (TPSA) is 49.8 Å². The van der Waals surface area contributed by atoms with E-state index in [0.717, 1.165) is 5.69 Å². The second-order valence-electron chi connectivity index (χ2n) is 3.59. The van der Waals surface area contributed by atoms with Gasteiger partial charge in [0.05, 0.1) is 5.57 Å². The lowest BCUT2D eigenvalue weighted by Gasteiger charge is -2.14. The van der Waals surface area contributed by atoms with Gasteiger partial charge in [-0.25, -0.2) is 4.79 Å². The molecule has 0 amide bonds. The molecule has 0 aliphatic heterocycles. The number of aliphatic carboxylic acids is 1. The molecule has 1 aromatic rings. The van der Waals surface area contributed by atoms with Gasteiger partial charge in [-0.05, 0) is 12.1 Å². The molecule has 0 saturated heterocycles. The molecule has 0 radical (unpaired) electrons. The maximum atomic E-state index is 10.5. The van der Waals surface area contributed by atoms with Crippen LogP contribution < -0.4 is 9.64 Å². The second-order valence-corrected chi connectivity index (χ2v) is 3.59. The van der Waals surface area contributed by atoms with E-state index in [9.17, 15) is 4.79 Å². The van der Waals surface area contributed by atoms with Gasteiger partial charge in [0.2, 0.25) is 0 Å². The predicted octanol–water partition coefficient (Wildman–Crippen LogP) is 1.77. The van der Waals surface area contributed by atoms with Crippen LogP contribution in [-0.2, 0) is 4.79 Å². The number of rotatable bonds is 5. The minimum Gasteiger partial charge on any atom is -0.489 e. The Hall–Kier alpha value is -1.97. The van der Waals surface area contributed by atoms with Crippen molar-refractivity contribution >= 4 is 11.7 Å². The van der Waals surface area contributed by atoms with E-state index in [1.165, 1.54) is 0 Å². The Labute approximate surface area is 94.8 Å². The summed E-state index contributed by atoms with van der Waals surface area (Å²) in [4.78, 5) is 12.5. The summed E-state index contributed by atoms with van der Waals surface area (Å²) in [6, 6.07) is 7.42. The van der Waals surface area contributed by atoms with Crippen LogP contribution in [0.15, 0.2) is 36.4 Å². The fourth-order valence-corrected chi connectivity index (χ4v) is 1.08. The van der Waals surface area contributed by atoms with Crippen molar-refractivity contribution in [3.8, 4) is 5.75 Å². The van der Waals surface area contributed by atoms with Gasteiger partial charge in [-0.15, -0.1) is 0 Å². The zero-order valence-electron chi connectivity index (χ0n) is 9.43. The van der Waals surface area contributed by atoms with Gasteiger partial charge in [0, 0.05) is 25.8 Å². The molecule has 0 aromatic heterocycles. The smallest absolute Gasteiger partial charge is 0.334 e. The predicted molar refractivity (Wildman–Crippen MR) is 63.0 cm³/mol. The summed E-state index contributed by atoms with van der Waals surface area (Å²) in [5.74, 6) is -0.405. The first-order valence-corrected chi connectivity index (χ1v) is 4.82. The van der Waals surface area contributed by atoms with E-state index < -0.39 is 5.97 Å². The molecule has 4 heteroatoms. The van der Waals surface area contributed by atoms with Crippen LogP contribution in [-0.4, -0.2) is 31.8 Å². The fourth-order valence-electron chi connectivity index (χ4n) is 1.08. The van der Waals surface area contributed by atoms with Gasteiger partial charge in [-0.3, -0.25) is 0 Å². The van der Waals surface area contributed by atoms with Crippen molar-refractivity contribution in [2.45, 2.75) is 0 Å². The van der Waals surface area contributed by atoms with Crippen LogP contribution in [0.2, 0.25) is 0 Å². The van der Waals surface area contributed by atoms with Gasteiger partial charge in [0.25, 0.3) is 0 Å². The number of nitrogens with zero attached hydrogens (tertiary/aromatic N) is 1. The number of carbonyl (C=O) groups is 1. The van der Waals surface area contributed by atoms with Crippen molar-refractivity contribution in [2.75, 3.05) is 25.6 Å². The van der Waals surface area contributed by atoms with Crippen LogP contribution >= 0.6 is 0 Å². The highest BCUT2D eigenvalue weighted by atomic mass is 16.5. The molecule has 0 unspecified atom stereocenters. The van der Waals surface area contributed by atoms with Crippen molar-refractivity contribution in [2.24, 2.45) is 0 Å².